The van der Waals surface area contributed by atoms with E-state index in [-0.39, 0.29) is 25.0 Å². The summed E-state index contributed by atoms with van der Waals surface area (Å²) in [6, 6.07) is 16.2. The summed E-state index contributed by atoms with van der Waals surface area (Å²) in [5.41, 5.74) is 9.06. The fourth-order valence-corrected chi connectivity index (χ4v) is 5.21. The molecule has 1 saturated carbocycles. The zero-order valence-corrected chi connectivity index (χ0v) is 27.2. The van der Waals surface area contributed by atoms with E-state index in [9.17, 15) is 14.4 Å². The molecule has 0 unspecified atom stereocenters. The number of anilines is 1. The molecule has 12 nitrogen and oxygen atoms in total. The van der Waals surface area contributed by atoms with E-state index in [1.807, 2.05) is 30.3 Å². The largest absolute Gasteiger partial charge is 0.490 e. The third kappa shape index (κ3) is 12.7. The van der Waals surface area contributed by atoms with Crippen LogP contribution in [0.1, 0.15) is 64.8 Å². The number of ether oxygens (including phenoxy) is 5. The Hall–Kier alpha value is -4.36. The Morgan fingerprint density at radius 1 is 0.812 bits per heavy atom. The highest BCUT2D eigenvalue weighted by molar-refractivity contribution is 6.06. The lowest BCUT2D eigenvalue weighted by Crippen LogP contribution is -2.15. The van der Waals surface area contributed by atoms with Crippen LogP contribution >= 0.6 is 0 Å². The molecule has 1 aliphatic rings. The second-order valence-corrected chi connectivity index (χ2v) is 11.4. The van der Waals surface area contributed by atoms with Crippen molar-refractivity contribution in [3.8, 4) is 17.0 Å². The van der Waals surface area contributed by atoms with E-state index < -0.39 is 11.9 Å². The smallest absolute Gasteiger partial charge is 0.305 e. The van der Waals surface area contributed by atoms with Gasteiger partial charge >= 0.3 is 5.97 Å². The van der Waals surface area contributed by atoms with E-state index in [1.165, 1.54) is 6.20 Å². The lowest BCUT2D eigenvalue weighted by Gasteiger charge is -2.17. The van der Waals surface area contributed by atoms with Crippen LogP contribution in [0, 0.1) is 0 Å². The van der Waals surface area contributed by atoms with Gasteiger partial charge in [0.05, 0.1) is 70.2 Å². The molecule has 2 aromatic carbocycles. The molecule has 2 amide bonds. The number of nitrogens with zero attached hydrogens (tertiary/aromatic N) is 1. The van der Waals surface area contributed by atoms with E-state index >= 15 is 0 Å². The molecule has 0 atom stereocenters. The Morgan fingerprint density at radius 3 is 2.19 bits per heavy atom. The fourth-order valence-electron chi connectivity index (χ4n) is 5.21. The van der Waals surface area contributed by atoms with Crippen molar-refractivity contribution in [3.05, 3.63) is 77.5 Å². The van der Waals surface area contributed by atoms with Gasteiger partial charge in [0.15, 0.2) is 0 Å². The minimum atomic E-state index is -0.885. The average molecular weight is 664 g/mol. The van der Waals surface area contributed by atoms with Gasteiger partial charge in [0.1, 0.15) is 5.75 Å². The van der Waals surface area contributed by atoms with Crippen LogP contribution in [0.2, 0.25) is 0 Å². The van der Waals surface area contributed by atoms with Crippen LogP contribution in [0.15, 0.2) is 60.8 Å². The Kier molecular flexibility index (Phi) is 15.3. The highest BCUT2D eigenvalue weighted by atomic mass is 16.6. The molecule has 4 rings (SSSR count). The predicted octanol–water partition coefficient (Wildman–Crippen LogP) is 4.89. The first-order valence-electron chi connectivity index (χ1n) is 16.4. The Labute approximate surface area is 280 Å². The molecule has 1 aromatic heterocycles. The maximum absolute atomic E-state index is 13.4. The van der Waals surface area contributed by atoms with Crippen LogP contribution < -0.4 is 15.8 Å². The van der Waals surface area contributed by atoms with E-state index in [2.05, 4.69) is 10.3 Å². The molecule has 1 aliphatic carbocycles. The van der Waals surface area contributed by atoms with Gasteiger partial charge < -0.3 is 39.8 Å². The molecular formula is C36H45N3O9. The molecule has 4 N–H and O–H groups in total. The van der Waals surface area contributed by atoms with Crippen molar-refractivity contribution < 1.29 is 43.2 Å². The monoisotopic (exact) mass is 663 g/mol. The van der Waals surface area contributed by atoms with Crippen LogP contribution in [0.5, 0.6) is 5.75 Å². The number of carboxylic acid groups (broad SMARTS) is 1. The number of carbonyl (C=O) groups excluding carboxylic acids is 2. The fraction of sp³-hybridized carbons (Fsp3) is 0.444. The maximum atomic E-state index is 13.4. The quantitative estimate of drug-likeness (QED) is 0.126. The topological polar surface area (TPSA) is 169 Å². The van der Waals surface area contributed by atoms with E-state index in [1.54, 1.807) is 24.3 Å². The summed E-state index contributed by atoms with van der Waals surface area (Å²) in [4.78, 5) is 40.1. The first-order chi connectivity index (χ1) is 23.4. The standard InChI is InChI=1S/C36H45N3O9/c37-35(42)27-12-14-38-33(24-27)31-25-30(48-29-8-1-2-9-29)10-11-32(31)39-36(43)28-7-3-5-26(23-28)6-4-15-44-17-19-46-21-22-47-20-18-45-16-13-34(40)41/h3,5,7,10-12,14,23-25,29H,1-2,4,6,8-9,13,15-22H2,(H2,37,42)(H,39,43)(H,40,41). The van der Waals surface area contributed by atoms with Crippen molar-refractivity contribution in [2.75, 3.05) is 58.2 Å². The summed E-state index contributed by atoms with van der Waals surface area (Å²) in [5.74, 6) is -1.03. The number of rotatable bonds is 22. The van der Waals surface area contributed by atoms with Crippen molar-refractivity contribution >= 4 is 23.5 Å². The number of benzene rings is 2. The summed E-state index contributed by atoms with van der Waals surface area (Å²) in [7, 11) is 0. The van der Waals surface area contributed by atoms with Gasteiger partial charge in [-0.2, -0.15) is 0 Å². The molecule has 0 radical (unpaired) electrons. The van der Waals surface area contributed by atoms with Crippen molar-refractivity contribution in [2.45, 2.75) is 51.0 Å². The summed E-state index contributed by atoms with van der Waals surface area (Å²) in [6.45, 7) is 3.24. The van der Waals surface area contributed by atoms with Gasteiger partial charge in [-0.3, -0.25) is 19.4 Å². The molecule has 0 saturated heterocycles. The van der Waals surface area contributed by atoms with Gasteiger partial charge in [-0.05, 0) is 86.6 Å². The van der Waals surface area contributed by atoms with Crippen LogP contribution in [0.4, 0.5) is 5.69 Å². The van der Waals surface area contributed by atoms with Crippen molar-refractivity contribution in [3.63, 3.8) is 0 Å². The number of aromatic nitrogens is 1. The van der Waals surface area contributed by atoms with Gasteiger partial charge in [0.2, 0.25) is 5.91 Å². The molecule has 12 heteroatoms. The normalized spacial score (nSPS) is 13.0. The summed E-state index contributed by atoms with van der Waals surface area (Å²) in [6.07, 6.45) is 7.50. The van der Waals surface area contributed by atoms with Crippen molar-refractivity contribution in [1.82, 2.24) is 4.98 Å². The highest BCUT2D eigenvalue weighted by Gasteiger charge is 2.19. The minimum absolute atomic E-state index is 0.0171. The van der Waals surface area contributed by atoms with Gasteiger partial charge in [0.25, 0.3) is 5.91 Å². The molecule has 258 valence electrons. The number of pyridine rings is 1. The average Bonchev–Trinajstić information content (AvgIpc) is 3.60. The lowest BCUT2D eigenvalue weighted by molar-refractivity contribution is -0.138. The van der Waals surface area contributed by atoms with Crippen LogP contribution in [-0.2, 0) is 30.2 Å². The molecule has 48 heavy (non-hydrogen) atoms. The summed E-state index contributed by atoms with van der Waals surface area (Å²) >= 11 is 0. The number of carbonyl (C=O) groups is 3. The third-order valence-corrected chi connectivity index (χ3v) is 7.68. The van der Waals surface area contributed by atoms with Crippen LogP contribution in [-0.4, -0.2) is 86.8 Å². The second-order valence-electron chi connectivity index (χ2n) is 11.4. The Morgan fingerprint density at radius 2 is 1.50 bits per heavy atom. The number of primary amides is 1. The van der Waals surface area contributed by atoms with Gasteiger partial charge in [-0.15, -0.1) is 0 Å². The Bertz CT molecular complexity index is 1480. The highest BCUT2D eigenvalue weighted by Crippen LogP contribution is 2.33. The number of aryl methyl sites for hydroxylation is 1. The number of hydrogen-bond donors (Lipinski definition) is 3. The first kappa shape index (κ1) is 36.5. The summed E-state index contributed by atoms with van der Waals surface area (Å²) < 4.78 is 27.9. The van der Waals surface area contributed by atoms with Gasteiger partial charge in [-0.25, -0.2) is 0 Å². The zero-order chi connectivity index (χ0) is 34.0. The number of aliphatic carboxylic acids is 1. The third-order valence-electron chi connectivity index (χ3n) is 7.68. The molecule has 3 aromatic rings. The minimum Gasteiger partial charge on any atom is -0.490 e. The van der Waals surface area contributed by atoms with E-state index in [0.29, 0.717) is 80.1 Å². The predicted molar refractivity (Wildman–Crippen MR) is 179 cm³/mol. The number of nitrogens with one attached hydrogen (secondary N) is 1. The van der Waals surface area contributed by atoms with Gasteiger partial charge in [0, 0.05) is 29.5 Å². The summed E-state index contributed by atoms with van der Waals surface area (Å²) in [5, 5.41) is 11.6. The van der Waals surface area contributed by atoms with Gasteiger partial charge in [-0.1, -0.05) is 12.1 Å². The number of nitrogens with two attached hydrogens (primary N) is 1. The SMILES string of the molecule is NC(=O)c1ccnc(-c2cc(OC3CCCC3)ccc2NC(=O)c2cccc(CCCOCCOCCOCCOCCC(=O)O)c2)c1. The van der Waals surface area contributed by atoms with Crippen molar-refractivity contribution in [1.29, 1.82) is 0 Å². The molecular weight excluding hydrogens is 618 g/mol. The van der Waals surface area contributed by atoms with Crippen LogP contribution in [0.3, 0.4) is 0 Å². The molecule has 0 aliphatic heterocycles. The maximum Gasteiger partial charge on any atom is 0.305 e. The molecule has 0 bridgehead atoms. The first-order valence-corrected chi connectivity index (χ1v) is 16.4. The number of amides is 2. The molecule has 0 spiro atoms. The van der Waals surface area contributed by atoms with Crippen molar-refractivity contribution in [2.24, 2.45) is 5.73 Å². The van der Waals surface area contributed by atoms with E-state index in [4.69, 9.17) is 34.5 Å². The molecule has 1 heterocycles. The number of hydrogen-bond acceptors (Lipinski definition) is 9. The van der Waals surface area contributed by atoms with Crippen LogP contribution in [0.25, 0.3) is 11.3 Å². The number of carboxylic acids is 1. The lowest BCUT2D eigenvalue weighted by atomic mass is 10.0. The van der Waals surface area contributed by atoms with E-state index in [0.717, 1.165) is 44.1 Å². The molecule has 1 fully saturated rings. The zero-order valence-electron chi connectivity index (χ0n) is 27.2. The second kappa shape index (κ2) is 20.1. The Balaban J connectivity index is 1.21.